The van der Waals surface area contributed by atoms with Crippen molar-refractivity contribution in [3.8, 4) is 11.1 Å². The van der Waals surface area contributed by atoms with Gasteiger partial charge in [-0.25, -0.2) is 4.98 Å². The second-order valence-electron chi connectivity index (χ2n) is 8.64. The lowest BCUT2D eigenvalue weighted by atomic mass is 10.0. The van der Waals surface area contributed by atoms with Crippen LogP contribution in [0.2, 0.25) is 5.02 Å². The first kappa shape index (κ1) is 24.5. The van der Waals surface area contributed by atoms with E-state index >= 15 is 0 Å². The van der Waals surface area contributed by atoms with Crippen molar-refractivity contribution in [2.75, 3.05) is 32.0 Å². The summed E-state index contributed by atoms with van der Waals surface area (Å²) in [5.74, 6) is 0.704. The minimum absolute atomic E-state index is 0.0135. The molecule has 9 heteroatoms. The van der Waals surface area contributed by atoms with Crippen LogP contribution in [0.25, 0.3) is 28.2 Å². The normalized spacial score (nSPS) is 13.8. The Kier molecular flexibility index (Phi) is 7.20. The van der Waals surface area contributed by atoms with Gasteiger partial charge in [-0.2, -0.15) is 0 Å². The molecule has 0 spiro atoms. The minimum atomic E-state index is -0.272. The van der Waals surface area contributed by atoms with Crippen molar-refractivity contribution in [2.45, 2.75) is 6.54 Å². The summed E-state index contributed by atoms with van der Waals surface area (Å²) < 4.78 is 11.2. The zero-order valence-corrected chi connectivity index (χ0v) is 20.7. The first-order valence-corrected chi connectivity index (χ1v) is 12.2. The minimum Gasteiger partial charge on any atom is -0.458 e. The molecule has 4 aromatic rings. The lowest BCUT2D eigenvalue weighted by Crippen LogP contribution is -2.40. The smallest absolute Gasteiger partial charge is 0.254 e. The van der Waals surface area contributed by atoms with Gasteiger partial charge in [-0.1, -0.05) is 23.7 Å². The number of pyridine rings is 1. The molecule has 3 N–H and O–H groups in total. The molecule has 0 radical (unpaired) electrons. The van der Waals surface area contributed by atoms with Gasteiger partial charge in [-0.3, -0.25) is 9.59 Å². The number of aromatic nitrogens is 1. The second kappa shape index (κ2) is 10.9. The molecule has 1 saturated heterocycles. The molecule has 1 fully saturated rings. The van der Waals surface area contributed by atoms with E-state index in [0.717, 1.165) is 22.1 Å². The molecule has 1 aliphatic heterocycles. The average molecular weight is 517 g/mol. The molecule has 2 aromatic carbocycles. The van der Waals surface area contributed by atoms with Crippen molar-refractivity contribution in [2.24, 2.45) is 0 Å². The summed E-state index contributed by atoms with van der Waals surface area (Å²) in [6, 6.07) is 16.6. The SMILES string of the molecule is Nc1ccc(C=CC(=O)NCc2cc3cc(-c4cccc(C(=O)N5CCOCC5)c4)cc(Cl)c3o2)cn1. The number of amides is 2. The summed E-state index contributed by atoms with van der Waals surface area (Å²) >= 11 is 6.54. The molecule has 0 saturated carbocycles. The van der Waals surface area contributed by atoms with Crippen molar-refractivity contribution in [1.82, 2.24) is 15.2 Å². The maximum Gasteiger partial charge on any atom is 0.254 e. The molecule has 37 heavy (non-hydrogen) atoms. The first-order chi connectivity index (χ1) is 18.0. The van der Waals surface area contributed by atoms with Crippen molar-refractivity contribution in [3.05, 3.63) is 88.8 Å². The molecule has 2 aromatic heterocycles. The van der Waals surface area contributed by atoms with Gasteiger partial charge in [-0.05, 0) is 65.2 Å². The third kappa shape index (κ3) is 5.82. The number of hydrogen-bond acceptors (Lipinski definition) is 6. The van der Waals surface area contributed by atoms with Gasteiger partial charge in [-0.15, -0.1) is 0 Å². The fourth-order valence-corrected chi connectivity index (χ4v) is 4.38. The number of nitrogen functional groups attached to an aromatic ring is 1. The van der Waals surface area contributed by atoms with Gasteiger partial charge in [0.05, 0.1) is 24.8 Å². The fraction of sp³-hybridized carbons (Fsp3) is 0.179. The van der Waals surface area contributed by atoms with Gasteiger partial charge < -0.3 is 25.1 Å². The third-order valence-corrected chi connectivity index (χ3v) is 6.32. The number of fused-ring (bicyclic) bond motifs is 1. The van der Waals surface area contributed by atoms with E-state index in [2.05, 4.69) is 10.3 Å². The van der Waals surface area contributed by atoms with Crippen LogP contribution in [0.1, 0.15) is 21.7 Å². The number of benzene rings is 2. The Morgan fingerprint density at radius 1 is 1.08 bits per heavy atom. The third-order valence-electron chi connectivity index (χ3n) is 6.04. The maximum absolute atomic E-state index is 12.9. The van der Waals surface area contributed by atoms with E-state index < -0.39 is 0 Å². The first-order valence-electron chi connectivity index (χ1n) is 11.8. The number of anilines is 1. The van der Waals surface area contributed by atoms with Crippen LogP contribution in [-0.2, 0) is 16.1 Å². The maximum atomic E-state index is 12.9. The summed E-state index contributed by atoms with van der Waals surface area (Å²) in [6.07, 6.45) is 4.67. The number of carbonyl (C=O) groups is 2. The molecule has 1 aliphatic rings. The van der Waals surface area contributed by atoms with Gasteiger partial charge in [0, 0.05) is 36.3 Å². The van der Waals surface area contributed by atoms with Crippen molar-refractivity contribution in [1.29, 1.82) is 0 Å². The number of nitrogens with one attached hydrogen (secondary N) is 1. The number of nitrogens with two attached hydrogens (primary N) is 1. The van der Waals surface area contributed by atoms with E-state index in [4.69, 9.17) is 26.5 Å². The summed E-state index contributed by atoms with van der Waals surface area (Å²) in [4.78, 5) is 30.9. The van der Waals surface area contributed by atoms with Crippen molar-refractivity contribution >= 4 is 46.3 Å². The molecule has 0 bridgehead atoms. The fourth-order valence-electron chi connectivity index (χ4n) is 4.12. The van der Waals surface area contributed by atoms with Gasteiger partial charge in [0.2, 0.25) is 5.91 Å². The van der Waals surface area contributed by atoms with Gasteiger partial charge in [0.25, 0.3) is 5.91 Å². The van der Waals surface area contributed by atoms with E-state index in [9.17, 15) is 9.59 Å². The molecule has 0 aliphatic carbocycles. The van der Waals surface area contributed by atoms with Gasteiger partial charge in [0.1, 0.15) is 11.6 Å². The molecule has 188 valence electrons. The summed E-state index contributed by atoms with van der Waals surface area (Å²) in [5.41, 5.74) is 9.24. The lowest BCUT2D eigenvalue weighted by molar-refractivity contribution is -0.116. The number of halogens is 1. The molecule has 2 amide bonds. The number of nitrogens with zero attached hydrogens (tertiary/aromatic N) is 2. The Bertz CT molecular complexity index is 1470. The topological polar surface area (TPSA) is 111 Å². The van der Waals surface area contributed by atoms with Crippen LogP contribution >= 0.6 is 11.6 Å². The van der Waals surface area contributed by atoms with E-state index in [1.54, 1.807) is 29.3 Å². The Morgan fingerprint density at radius 2 is 1.92 bits per heavy atom. The number of ether oxygens (including phenoxy) is 1. The molecule has 0 atom stereocenters. The van der Waals surface area contributed by atoms with E-state index in [0.29, 0.717) is 54.1 Å². The van der Waals surface area contributed by atoms with E-state index in [-0.39, 0.29) is 18.4 Å². The molecule has 0 unspecified atom stereocenters. The highest BCUT2D eigenvalue weighted by atomic mass is 35.5. The monoisotopic (exact) mass is 516 g/mol. The summed E-state index contributed by atoms with van der Waals surface area (Å²) in [6.45, 7) is 2.48. The summed E-state index contributed by atoms with van der Waals surface area (Å²) in [5, 5.41) is 4.06. The Balaban J connectivity index is 1.29. The Labute approximate surface area is 218 Å². The van der Waals surface area contributed by atoms with Crippen molar-refractivity contribution in [3.63, 3.8) is 0 Å². The number of rotatable bonds is 6. The highest BCUT2D eigenvalue weighted by Gasteiger charge is 2.19. The standard InChI is InChI=1S/C28H25ClN4O4/c29-24-15-21(19-2-1-3-20(12-19)28(35)33-8-10-36-11-9-33)13-22-14-23(37-27(22)24)17-32-26(34)7-5-18-4-6-25(30)31-16-18/h1-7,12-16H,8-11,17H2,(H2,30,31)(H,32,34). The van der Waals surface area contributed by atoms with E-state index in [1.807, 2.05) is 42.5 Å². The molecular weight excluding hydrogens is 492 g/mol. The van der Waals surface area contributed by atoms with Crippen LogP contribution in [0.3, 0.4) is 0 Å². The molecule has 3 heterocycles. The van der Waals surface area contributed by atoms with Crippen LogP contribution in [0, 0.1) is 0 Å². The second-order valence-corrected chi connectivity index (χ2v) is 9.05. The lowest BCUT2D eigenvalue weighted by Gasteiger charge is -2.27. The predicted octanol–water partition coefficient (Wildman–Crippen LogP) is 4.53. The molecule has 8 nitrogen and oxygen atoms in total. The Morgan fingerprint density at radius 3 is 2.70 bits per heavy atom. The number of carbonyl (C=O) groups excluding carboxylic acids is 2. The van der Waals surface area contributed by atoms with Crippen LogP contribution < -0.4 is 11.1 Å². The number of hydrogen-bond donors (Lipinski definition) is 2. The van der Waals surface area contributed by atoms with Gasteiger partial charge in [0.15, 0.2) is 5.58 Å². The quantitative estimate of drug-likeness (QED) is 0.364. The highest BCUT2D eigenvalue weighted by Crippen LogP contribution is 2.33. The zero-order chi connectivity index (χ0) is 25.8. The number of morpholine rings is 1. The molecular formula is C28H25ClN4O4. The predicted molar refractivity (Wildman–Crippen MR) is 143 cm³/mol. The zero-order valence-electron chi connectivity index (χ0n) is 19.9. The average Bonchev–Trinajstić information content (AvgIpc) is 3.35. The largest absolute Gasteiger partial charge is 0.458 e. The van der Waals surface area contributed by atoms with Crippen LogP contribution in [0.15, 0.2) is 71.3 Å². The van der Waals surface area contributed by atoms with Crippen LogP contribution in [-0.4, -0.2) is 48.0 Å². The van der Waals surface area contributed by atoms with Crippen molar-refractivity contribution < 1.29 is 18.7 Å². The van der Waals surface area contributed by atoms with Gasteiger partial charge >= 0.3 is 0 Å². The number of furan rings is 1. The Hall–Kier alpha value is -4.14. The van der Waals surface area contributed by atoms with Crippen LogP contribution in [0.4, 0.5) is 5.82 Å². The highest BCUT2D eigenvalue weighted by molar-refractivity contribution is 6.35. The molecule has 5 rings (SSSR count). The summed E-state index contributed by atoms with van der Waals surface area (Å²) in [7, 11) is 0. The van der Waals surface area contributed by atoms with Crippen LogP contribution in [0.5, 0.6) is 0 Å². The van der Waals surface area contributed by atoms with E-state index in [1.165, 1.54) is 6.08 Å².